The molecule has 1 aliphatic heterocycles. The van der Waals surface area contributed by atoms with Gasteiger partial charge in [-0.15, -0.1) is 0 Å². The number of H-pyrrole nitrogens is 1. The van der Waals surface area contributed by atoms with Gasteiger partial charge in [-0.2, -0.15) is 17.6 Å². The average Bonchev–Trinajstić information content (AvgIpc) is 3.39. The number of hydrogen-bond acceptors (Lipinski definition) is 10. The molecule has 0 radical (unpaired) electrons. The van der Waals surface area contributed by atoms with Crippen molar-refractivity contribution in [3.8, 4) is 0 Å². The van der Waals surface area contributed by atoms with Crippen LogP contribution in [0.4, 0.5) is 10.3 Å². The standard InChI is InChI=1S/C26H43FN5O5PS2Si/c1-14(2)15-9-10-26(6,39)17(11-15)36-38(40)37-20-16(12-34-41(7,8)25(3,4)5)35-23(18(20)27)32-13-29-19-21(32)30-24(28)31-22(19)33/h13,15-18,20,23,38-39H,1,9-12H2,2-8H3,(H3,28,30,31,33)/t15-,16-,17+,18-,20-,23-,26+/m1/s1. The van der Waals surface area contributed by atoms with E-state index in [2.05, 4.69) is 55.4 Å². The number of ether oxygens (including phenoxy) is 1. The van der Waals surface area contributed by atoms with E-state index in [0.717, 1.165) is 24.8 Å². The van der Waals surface area contributed by atoms with Crippen molar-refractivity contribution < 1.29 is 22.6 Å². The largest absolute Gasteiger partial charge is 0.414 e. The molecule has 10 nitrogen and oxygen atoms in total. The molecule has 15 heteroatoms. The maximum atomic E-state index is 16.3. The summed E-state index contributed by atoms with van der Waals surface area (Å²) in [5, 5.41) is -0.0621. The quantitative estimate of drug-likeness (QED) is 0.144. The second-order valence-electron chi connectivity index (χ2n) is 13.0. The molecule has 2 aromatic heterocycles. The molecule has 0 amide bonds. The number of aromatic amines is 1. The number of aromatic nitrogens is 4. The summed E-state index contributed by atoms with van der Waals surface area (Å²) < 4.78 is 42.4. The third-order valence-electron chi connectivity index (χ3n) is 8.77. The highest BCUT2D eigenvalue weighted by Gasteiger charge is 2.50. The molecule has 0 aromatic carbocycles. The van der Waals surface area contributed by atoms with E-state index >= 15 is 4.39 Å². The lowest BCUT2D eigenvalue weighted by Crippen LogP contribution is -2.44. The van der Waals surface area contributed by atoms with E-state index in [1.807, 2.05) is 13.8 Å². The number of imidazole rings is 1. The summed E-state index contributed by atoms with van der Waals surface area (Å²) in [5.74, 6) is 0.199. The smallest absolute Gasteiger partial charge is 0.280 e. The van der Waals surface area contributed by atoms with Crippen molar-refractivity contribution in [2.75, 3.05) is 12.3 Å². The molecule has 2 aliphatic rings. The number of nitrogens with one attached hydrogen (secondary N) is 1. The van der Waals surface area contributed by atoms with Crippen LogP contribution in [-0.2, 0) is 30.0 Å². The molecule has 1 aliphatic carbocycles. The molecule has 2 aromatic rings. The van der Waals surface area contributed by atoms with E-state index in [1.165, 1.54) is 10.9 Å². The predicted molar refractivity (Wildman–Crippen MR) is 169 cm³/mol. The van der Waals surface area contributed by atoms with Gasteiger partial charge < -0.3 is 23.9 Å². The topological polar surface area (TPSA) is 127 Å². The Hall–Kier alpha value is -1.12. The van der Waals surface area contributed by atoms with Gasteiger partial charge in [0.1, 0.15) is 12.2 Å². The van der Waals surface area contributed by atoms with Crippen molar-refractivity contribution in [3.05, 3.63) is 28.8 Å². The zero-order valence-electron chi connectivity index (χ0n) is 24.8. The third-order valence-corrected chi connectivity index (χ3v) is 15.3. The number of nitrogen functional groups attached to an aromatic ring is 1. The van der Waals surface area contributed by atoms with Gasteiger partial charge in [-0.3, -0.25) is 14.3 Å². The number of hydrogen-bond donors (Lipinski definition) is 3. The fourth-order valence-corrected chi connectivity index (χ4v) is 8.19. The Morgan fingerprint density at radius 1 is 1.44 bits per heavy atom. The Kier molecular flexibility index (Phi) is 9.68. The second-order valence-corrected chi connectivity index (χ2v) is 20.8. The van der Waals surface area contributed by atoms with Gasteiger partial charge in [0.25, 0.3) is 5.56 Å². The number of rotatable bonds is 9. The van der Waals surface area contributed by atoms with E-state index in [9.17, 15) is 4.79 Å². The van der Waals surface area contributed by atoms with Crippen molar-refractivity contribution in [1.82, 2.24) is 19.5 Å². The van der Waals surface area contributed by atoms with Gasteiger partial charge in [0.2, 0.25) is 5.95 Å². The summed E-state index contributed by atoms with van der Waals surface area (Å²) in [6, 6.07) is 0. The summed E-state index contributed by atoms with van der Waals surface area (Å²) in [6.45, 7) is 18.9. The van der Waals surface area contributed by atoms with Crippen molar-refractivity contribution in [2.45, 2.75) is 107 Å². The number of nitrogens with two attached hydrogens (primary N) is 1. The molecule has 1 unspecified atom stereocenters. The Morgan fingerprint density at radius 2 is 2.12 bits per heavy atom. The van der Waals surface area contributed by atoms with Crippen molar-refractivity contribution >= 4 is 57.0 Å². The third kappa shape index (κ3) is 7.00. The van der Waals surface area contributed by atoms with Crippen molar-refractivity contribution in [1.29, 1.82) is 0 Å². The van der Waals surface area contributed by atoms with E-state index in [4.69, 9.17) is 48.4 Å². The lowest BCUT2D eigenvalue weighted by atomic mass is 9.77. The average molecular weight is 648 g/mol. The number of anilines is 1. The van der Waals surface area contributed by atoms with Crippen LogP contribution in [0.25, 0.3) is 11.2 Å². The normalized spacial score (nSPS) is 31.9. The number of allylic oxidation sites excluding steroid dienone is 1. The molecule has 4 rings (SSSR count). The molecule has 1 saturated heterocycles. The Bertz CT molecular complexity index is 1370. The van der Waals surface area contributed by atoms with Gasteiger partial charge in [-0.05, 0) is 69.0 Å². The number of thiol groups is 1. The van der Waals surface area contributed by atoms with E-state index in [-0.39, 0.29) is 34.9 Å². The minimum Gasteiger partial charge on any atom is -0.414 e. The fraction of sp³-hybridized carbons (Fsp3) is 0.731. The molecule has 2 fully saturated rings. The Labute approximate surface area is 253 Å². The number of alkyl halides is 1. The molecule has 0 bridgehead atoms. The zero-order chi connectivity index (χ0) is 30.5. The van der Waals surface area contributed by atoms with Crippen LogP contribution in [0.1, 0.15) is 60.1 Å². The highest BCUT2D eigenvalue weighted by molar-refractivity contribution is 8.00. The monoisotopic (exact) mass is 647 g/mol. The predicted octanol–water partition coefficient (Wildman–Crippen LogP) is 5.30. The Balaban J connectivity index is 1.59. The summed E-state index contributed by atoms with van der Waals surface area (Å²) in [4.78, 5) is 23.0. The Morgan fingerprint density at radius 3 is 2.76 bits per heavy atom. The van der Waals surface area contributed by atoms with Gasteiger partial charge in [-0.1, -0.05) is 32.9 Å². The first-order valence-electron chi connectivity index (χ1n) is 13.8. The van der Waals surface area contributed by atoms with Crippen LogP contribution >= 0.6 is 19.8 Å². The minimum atomic E-state index is -2.36. The molecule has 41 heavy (non-hydrogen) atoms. The maximum absolute atomic E-state index is 16.3. The minimum absolute atomic E-state index is 0.0298. The number of halogens is 1. The first-order chi connectivity index (χ1) is 18.9. The molecule has 3 N–H and O–H groups in total. The highest BCUT2D eigenvalue weighted by Crippen LogP contribution is 2.47. The van der Waals surface area contributed by atoms with Crippen LogP contribution in [0.2, 0.25) is 18.1 Å². The maximum Gasteiger partial charge on any atom is 0.280 e. The van der Waals surface area contributed by atoms with Crippen molar-refractivity contribution in [3.63, 3.8) is 0 Å². The molecule has 8 atom stereocenters. The fourth-order valence-electron chi connectivity index (χ4n) is 4.96. The molecule has 0 spiro atoms. The lowest BCUT2D eigenvalue weighted by molar-refractivity contribution is -0.0413. The van der Waals surface area contributed by atoms with E-state index in [0.29, 0.717) is 5.92 Å². The van der Waals surface area contributed by atoms with Gasteiger partial charge in [0, 0.05) is 4.75 Å². The second kappa shape index (κ2) is 12.1. The number of fused-ring (bicyclic) bond motifs is 1. The van der Waals surface area contributed by atoms with Crippen molar-refractivity contribution in [2.24, 2.45) is 5.92 Å². The summed E-state index contributed by atoms with van der Waals surface area (Å²) in [5.41, 5.74) is 6.48. The van der Waals surface area contributed by atoms with Gasteiger partial charge in [0.05, 0.1) is 19.0 Å². The molecular weight excluding hydrogens is 605 g/mol. The summed E-state index contributed by atoms with van der Waals surface area (Å²) >= 11 is 10.6. The van der Waals surface area contributed by atoms with Gasteiger partial charge in [0.15, 0.2) is 39.0 Å². The van der Waals surface area contributed by atoms with Crippen LogP contribution in [0.5, 0.6) is 0 Å². The van der Waals surface area contributed by atoms with Crippen LogP contribution in [0.15, 0.2) is 23.3 Å². The van der Waals surface area contributed by atoms with Gasteiger partial charge in [-0.25, -0.2) is 9.37 Å². The van der Waals surface area contributed by atoms with Crippen LogP contribution in [-0.4, -0.2) is 63.7 Å². The first kappa shape index (κ1) is 32.8. The number of nitrogens with zero attached hydrogens (tertiary/aromatic N) is 3. The zero-order valence-corrected chi connectivity index (χ0v) is 28.5. The van der Waals surface area contributed by atoms with Crippen LogP contribution in [0.3, 0.4) is 0 Å². The van der Waals surface area contributed by atoms with Crippen LogP contribution < -0.4 is 11.3 Å². The first-order valence-corrected chi connectivity index (χ1v) is 19.6. The molecule has 230 valence electrons. The van der Waals surface area contributed by atoms with E-state index in [1.54, 1.807) is 0 Å². The van der Waals surface area contributed by atoms with Crippen LogP contribution in [0, 0.1) is 5.92 Å². The SMILES string of the molecule is C=C(C)[C@@H]1CC[C@](C)(S)[C@@H](O[PH](=S)O[C@H]2[C@@H](F)[C@H](n3cnc4c(=O)[nH]c(N)nc43)O[C@@H]2CO[Si](C)(C)C(C)(C)C)C1. The highest BCUT2D eigenvalue weighted by atomic mass is 32.4. The van der Waals surface area contributed by atoms with E-state index < -0.39 is 50.4 Å². The summed E-state index contributed by atoms with van der Waals surface area (Å²) in [7, 11) is -4.56. The van der Waals surface area contributed by atoms with Gasteiger partial charge >= 0.3 is 0 Å². The summed E-state index contributed by atoms with van der Waals surface area (Å²) in [6.07, 6.45) is -1.11. The lowest BCUT2D eigenvalue weighted by Gasteiger charge is -2.41. The molecule has 1 saturated carbocycles. The molecular formula is C26H43FN5O5PS2Si. The molecule has 3 heterocycles.